The van der Waals surface area contributed by atoms with Gasteiger partial charge in [0.2, 0.25) is 23.6 Å². The van der Waals surface area contributed by atoms with Crippen molar-refractivity contribution in [1.82, 2.24) is 21.3 Å². The summed E-state index contributed by atoms with van der Waals surface area (Å²) in [5.74, 6) is -3.61. The van der Waals surface area contributed by atoms with Gasteiger partial charge in [-0.05, 0) is 0 Å². The maximum atomic E-state index is 12.9. The van der Waals surface area contributed by atoms with Crippen molar-refractivity contribution in [2.24, 2.45) is 0 Å². The van der Waals surface area contributed by atoms with Gasteiger partial charge in [0, 0.05) is 27.7 Å². The van der Waals surface area contributed by atoms with Crippen LogP contribution in [0.1, 0.15) is 27.7 Å². The molecule has 8 aliphatic heterocycles. The van der Waals surface area contributed by atoms with Crippen LogP contribution in [0.5, 0.6) is 0 Å². The molecule has 0 aromatic carbocycles. The molecule has 26 N–H and O–H groups in total. The number of carbonyl (C=O) groups is 4. The molecule has 0 aliphatic carbocycles. The lowest BCUT2D eigenvalue weighted by Gasteiger charge is -2.52. The summed E-state index contributed by atoms with van der Waals surface area (Å²) in [4.78, 5) is 50.7. The fourth-order valence-corrected chi connectivity index (χ4v) is 13.0. The molecule has 45 nitrogen and oxygen atoms in total. The molecule has 0 saturated carbocycles. The number of aliphatic hydroxyl groups is 22. The first-order valence-electron chi connectivity index (χ1n) is 32.1. The lowest BCUT2D eigenvalue weighted by Crippen LogP contribution is -2.71. The Morgan fingerprint density at radius 1 is 0.257 bits per heavy atom. The van der Waals surface area contributed by atoms with Crippen molar-refractivity contribution in [3.63, 3.8) is 0 Å². The SMILES string of the molecule is CC(=O)N[C@@H]1[C@@H](O)[C@H](O[C@H]2O[C@H](CO[C@H]3O[C@H](CO)[C@@H](O)[C@H](O)[C@@H]3O[C@@H]3O[C@H](CO)[C@@H](O[C@@H]4O[C@H](CO)[C@H](O)[C@H](O)[C@H]4O)[C@H](O)[C@H]3NC(C)=O)[C@@H](O[C@@H]3O[C@H](CO)[C@@H](O)[C@H](O)[C@H]3NC(C)=O)[C@H](O[C@H]3O[C@H](CO)[C@@H](O)[C@H](O)[C@@H]3O[C@@H]3O[C@H](CO)[C@@H](O)[C@H](O)[C@H]3NC(C)=O)[C@@H]2O)[C@@H](CO)O[C@H]1O. The quantitative estimate of drug-likeness (QED) is 0.0382. The predicted octanol–water partition coefficient (Wildman–Crippen LogP) is -17.9. The molecule has 8 aliphatic rings. The van der Waals surface area contributed by atoms with E-state index in [4.69, 9.17) is 71.1 Å². The molecule has 101 heavy (non-hydrogen) atoms. The van der Waals surface area contributed by atoms with Crippen molar-refractivity contribution in [2.45, 2.75) is 273 Å². The Morgan fingerprint density at radius 2 is 0.545 bits per heavy atom. The van der Waals surface area contributed by atoms with Crippen LogP contribution in [-0.2, 0) is 90.2 Å². The van der Waals surface area contributed by atoms with Crippen LogP contribution < -0.4 is 21.3 Å². The molecule has 0 radical (unpaired) electrons. The minimum absolute atomic E-state index is 0.859. The first-order valence-corrected chi connectivity index (χ1v) is 32.1. The van der Waals surface area contributed by atoms with E-state index in [-0.39, 0.29) is 0 Å². The zero-order valence-electron chi connectivity index (χ0n) is 54.3. The smallest absolute Gasteiger partial charge is 0.217 e. The summed E-state index contributed by atoms with van der Waals surface area (Å²) in [6, 6.07) is -7.43. The number of hydrogen-bond donors (Lipinski definition) is 26. The number of rotatable bonds is 26. The highest BCUT2D eigenvalue weighted by Gasteiger charge is 2.61. The van der Waals surface area contributed by atoms with Crippen LogP contribution in [0.3, 0.4) is 0 Å². The van der Waals surface area contributed by atoms with E-state index < -0.39 is 322 Å². The van der Waals surface area contributed by atoms with Crippen molar-refractivity contribution in [3.8, 4) is 0 Å². The van der Waals surface area contributed by atoms with Gasteiger partial charge in [-0.1, -0.05) is 0 Å². The van der Waals surface area contributed by atoms with Gasteiger partial charge < -0.3 is 205 Å². The predicted molar refractivity (Wildman–Crippen MR) is 311 cm³/mol. The Labute approximate surface area is 572 Å². The van der Waals surface area contributed by atoms with Crippen molar-refractivity contribution in [1.29, 1.82) is 0 Å². The summed E-state index contributed by atoms with van der Waals surface area (Å²) in [5, 5.41) is 253. The van der Waals surface area contributed by atoms with Gasteiger partial charge in [0.05, 0.1) is 52.9 Å². The van der Waals surface area contributed by atoms with Gasteiger partial charge in [-0.3, -0.25) is 19.2 Å². The topological polar surface area (TPSA) is 700 Å². The molecule has 0 aromatic rings. The minimum Gasteiger partial charge on any atom is -0.394 e. The third-order valence-electron chi connectivity index (χ3n) is 18.3. The average Bonchev–Trinajstić information content (AvgIpc) is 0.766. The van der Waals surface area contributed by atoms with E-state index in [9.17, 15) is 132 Å². The zero-order chi connectivity index (χ0) is 74.5. The molecule has 8 rings (SSSR count). The van der Waals surface area contributed by atoms with E-state index in [2.05, 4.69) is 21.3 Å². The maximum absolute atomic E-state index is 12.9. The summed E-state index contributed by atoms with van der Waals surface area (Å²) >= 11 is 0. The Bertz CT molecular complexity index is 2640. The van der Waals surface area contributed by atoms with Crippen molar-refractivity contribution < 1.29 is 203 Å². The molecule has 4 amide bonds. The number of amides is 4. The van der Waals surface area contributed by atoms with Crippen molar-refractivity contribution in [3.05, 3.63) is 0 Å². The van der Waals surface area contributed by atoms with Gasteiger partial charge in [0.15, 0.2) is 50.3 Å². The third-order valence-corrected chi connectivity index (χ3v) is 18.3. The first kappa shape index (κ1) is 83.0. The van der Waals surface area contributed by atoms with E-state index in [0.29, 0.717) is 0 Å². The van der Waals surface area contributed by atoms with E-state index in [1.165, 1.54) is 0 Å². The Morgan fingerprint density at radius 3 is 0.970 bits per heavy atom. The molecule has 8 heterocycles. The molecule has 8 fully saturated rings. The standard InChI is InChI=1S/C56H94N4O41/c1-13(68)57-25-36(79)43(22(10-66)88-49(25)86)97-54-42(85)46(99-56-48(40(83)33(76)21(9-65)93-56)101-51-27(59-15(3)70)35(78)30(73)18(6-62)90-51)45(98-50-26(58-14(2)69)34(77)29(72)17(5-61)89-50)24(95-54)12-87-55-47(39(82)32(75)20(8-64)92-55)100-52-28(60-16(4)71)37(80)44(23(11-67)94-52)96-53-41(84)38(81)31(74)19(7-63)91-53/h17-56,61-67,72-86H,5-12H2,1-4H3,(H,57,68)(H,58,69)(H,59,70)(H,60,71)/t17-,18-,19-,20-,21-,22-,23-,24-,25-,26-,27-,28-,29-,30-,31+,32-,33-,34-,35-,36-,37-,38+,39+,40+,41-,42+,43-,44-,45-,46-,47+,48+,49-,50+,51+,52+,53+,54-,55+,56-/m1/s1. The molecule has 0 spiro atoms. The van der Waals surface area contributed by atoms with Crippen LogP contribution >= 0.6 is 0 Å². The molecule has 0 unspecified atom stereocenters. The number of hydrogen-bond acceptors (Lipinski definition) is 41. The lowest BCUT2D eigenvalue weighted by molar-refractivity contribution is -0.406. The highest BCUT2D eigenvalue weighted by atomic mass is 16.8. The number of aliphatic hydroxyl groups excluding tert-OH is 22. The first-order chi connectivity index (χ1) is 47.8. The summed E-state index contributed by atoms with van der Waals surface area (Å²) < 4.78 is 90.4. The molecular formula is C56H94N4O41. The van der Waals surface area contributed by atoms with Crippen molar-refractivity contribution >= 4 is 23.6 Å². The van der Waals surface area contributed by atoms with Gasteiger partial charge in [-0.25, -0.2) is 0 Å². The zero-order valence-corrected chi connectivity index (χ0v) is 54.3. The van der Waals surface area contributed by atoms with Gasteiger partial charge in [-0.15, -0.1) is 0 Å². The number of carbonyl (C=O) groups excluding carboxylic acids is 4. The number of ether oxygens (including phenoxy) is 15. The molecule has 8 saturated heterocycles. The van der Waals surface area contributed by atoms with E-state index >= 15 is 0 Å². The third kappa shape index (κ3) is 18.5. The van der Waals surface area contributed by atoms with Gasteiger partial charge in [-0.2, -0.15) is 0 Å². The summed E-state index contributed by atoms with van der Waals surface area (Å²) in [6.45, 7) is -4.96. The molecule has 584 valence electrons. The minimum atomic E-state index is -2.58. The fraction of sp³-hybridized carbons (Fsp3) is 0.929. The van der Waals surface area contributed by atoms with Crippen LogP contribution in [0, 0.1) is 0 Å². The second kappa shape index (κ2) is 36.3. The van der Waals surface area contributed by atoms with E-state index in [1.54, 1.807) is 0 Å². The molecule has 45 heteroatoms. The Hall–Kier alpha value is -3.60. The largest absolute Gasteiger partial charge is 0.394 e. The second-order valence-corrected chi connectivity index (χ2v) is 25.4. The van der Waals surface area contributed by atoms with Gasteiger partial charge >= 0.3 is 0 Å². The maximum Gasteiger partial charge on any atom is 0.217 e. The molecular weight excluding hydrogens is 1380 g/mol. The van der Waals surface area contributed by atoms with Crippen LogP contribution in [0.4, 0.5) is 0 Å². The summed E-state index contributed by atoms with van der Waals surface area (Å²) in [7, 11) is 0. The van der Waals surface area contributed by atoms with Crippen LogP contribution in [0.25, 0.3) is 0 Å². The van der Waals surface area contributed by atoms with Crippen LogP contribution in [-0.4, -0.2) is 434 Å². The molecule has 0 aromatic heterocycles. The van der Waals surface area contributed by atoms with Crippen LogP contribution in [0.2, 0.25) is 0 Å². The molecule has 40 atom stereocenters. The molecule has 0 bridgehead atoms. The monoisotopic (exact) mass is 1480 g/mol. The highest BCUT2D eigenvalue weighted by Crippen LogP contribution is 2.40. The average molecular weight is 1480 g/mol. The Balaban J connectivity index is 1.23. The summed E-state index contributed by atoms with van der Waals surface area (Å²) in [5.41, 5.74) is 0. The summed E-state index contributed by atoms with van der Waals surface area (Å²) in [6.07, 6.45) is -75.5. The Kier molecular flexibility index (Phi) is 29.9. The normalized spacial score (nSPS) is 48.3. The van der Waals surface area contributed by atoms with Crippen LogP contribution in [0.15, 0.2) is 0 Å². The number of nitrogens with one attached hydrogen (secondary N) is 4. The van der Waals surface area contributed by atoms with Crippen molar-refractivity contribution in [2.75, 3.05) is 52.9 Å². The van der Waals surface area contributed by atoms with Gasteiger partial charge in [0.1, 0.15) is 195 Å². The van der Waals surface area contributed by atoms with Gasteiger partial charge in [0.25, 0.3) is 0 Å². The second-order valence-electron chi connectivity index (χ2n) is 25.4. The highest BCUT2D eigenvalue weighted by molar-refractivity contribution is 5.74. The van der Waals surface area contributed by atoms with E-state index in [1.807, 2.05) is 0 Å². The van der Waals surface area contributed by atoms with E-state index in [0.717, 1.165) is 27.7 Å². The lowest BCUT2D eigenvalue weighted by atomic mass is 9.94. The fourth-order valence-electron chi connectivity index (χ4n) is 13.0.